The van der Waals surface area contributed by atoms with E-state index in [1.165, 1.54) is 0 Å². The predicted octanol–water partition coefficient (Wildman–Crippen LogP) is 1.44. The number of alkyl halides is 1. The van der Waals surface area contributed by atoms with Crippen molar-refractivity contribution in [3.05, 3.63) is 0 Å². The van der Waals surface area contributed by atoms with Crippen LogP contribution in [0.15, 0.2) is 0 Å². The molecule has 1 rings (SSSR count). The van der Waals surface area contributed by atoms with Crippen LogP contribution in [0, 0.1) is 5.92 Å². The maximum absolute atomic E-state index is 11.4. The van der Waals surface area contributed by atoms with Gasteiger partial charge in [0.1, 0.15) is 0 Å². The van der Waals surface area contributed by atoms with E-state index in [0.29, 0.717) is 12.5 Å². The molecule has 0 aromatic carbocycles. The largest absolute Gasteiger partial charge is 0.393 e. The fraction of sp³-hybridized carbons (Fsp3) is 0.900. The summed E-state index contributed by atoms with van der Waals surface area (Å²) in [4.78, 5) is 11.3. The molecular weight excluding hydrogens is 246 g/mol. The molecule has 1 saturated carbocycles. The van der Waals surface area contributed by atoms with Gasteiger partial charge in [0, 0.05) is 6.54 Å². The number of rotatable bonds is 4. The van der Waals surface area contributed by atoms with Gasteiger partial charge in [0.05, 0.1) is 10.9 Å². The van der Waals surface area contributed by atoms with Gasteiger partial charge in [-0.15, -0.1) is 0 Å². The summed E-state index contributed by atoms with van der Waals surface area (Å²) < 4.78 is 0. The average molecular weight is 264 g/mol. The Bertz CT molecular complexity index is 199. The standard InChI is InChI=1S/C10H18BrNO2/c1-2-9(11)10(14)12-6-7-3-4-8(13)5-7/h7-9,13H,2-6H2,1H3,(H,12,14). The van der Waals surface area contributed by atoms with Gasteiger partial charge in [-0.25, -0.2) is 0 Å². The second-order valence-electron chi connectivity index (χ2n) is 3.95. The molecule has 0 aliphatic heterocycles. The van der Waals surface area contributed by atoms with Crippen LogP contribution in [0.3, 0.4) is 0 Å². The first kappa shape index (κ1) is 12.0. The van der Waals surface area contributed by atoms with Crippen LogP contribution in [0.4, 0.5) is 0 Å². The third kappa shape index (κ3) is 3.58. The molecule has 0 aromatic rings. The molecule has 3 atom stereocenters. The number of amides is 1. The minimum Gasteiger partial charge on any atom is -0.393 e. The molecule has 2 N–H and O–H groups in total. The molecule has 0 radical (unpaired) electrons. The summed E-state index contributed by atoms with van der Waals surface area (Å²) >= 11 is 3.30. The Hall–Kier alpha value is -0.0900. The molecule has 0 aromatic heterocycles. The lowest BCUT2D eigenvalue weighted by Gasteiger charge is -2.12. The smallest absolute Gasteiger partial charge is 0.233 e. The fourth-order valence-corrected chi connectivity index (χ4v) is 1.94. The van der Waals surface area contributed by atoms with E-state index in [-0.39, 0.29) is 16.8 Å². The minimum atomic E-state index is -0.150. The van der Waals surface area contributed by atoms with Crippen LogP contribution < -0.4 is 5.32 Å². The molecule has 3 unspecified atom stereocenters. The Morgan fingerprint density at radius 1 is 1.64 bits per heavy atom. The maximum Gasteiger partial charge on any atom is 0.233 e. The van der Waals surface area contributed by atoms with Crippen molar-refractivity contribution in [2.75, 3.05) is 6.54 Å². The van der Waals surface area contributed by atoms with Crippen LogP contribution in [0.2, 0.25) is 0 Å². The van der Waals surface area contributed by atoms with Crippen molar-refractivity contribution < 1.29 is 9.90 Å². The van der Waals surface area contributed by atoms with E-state index in [2.05, 4.69) is 21.2 Å². The second-order valence-corrected chi connectivity index (χ2v) is 5.06. The van der Waals surface area contributed by atoms with Crippen molar-refractivity contribution in [3.8, 4) is 0 Å². The van der Waals surface area contributed by atoms with E-state index >= 15 is 0 Å². The summed E-state index contributed by atoms with van der Waals surface area (Å²) in [5, 5.41) is 12.2. The zero-order valence-corrected chi connectivity index (χ0v) is 10.1. The van der Waals surface area contributed by atoms with Gasteiger partial charge in [0.2, 0.25) is 5.91 Å². The van der Waals surface area contributed by atoms with Gasteiger partial charge in [-0.2, -0.15) is 0 Å². The van der Waals surface area contributed by atoms with Gasteiger partial charge in [-0.05, 0) is 31.6 Å². The van der Waals surface area contributed by atoms with Gasteiger partial charge in [0.15, 0.2) is 0 Å². The second kappa shape index (κ2) is 5.71. The average Bonchev–Trinajstić information content (AvgIpc) is 2.59. The van der Waals surface area contributed by atoms with Crippen molar-refractivity contribution in [2.45, 2.75) is 43.5 Å². The minimum absolute atomic E-state index is 0.0638. The highest BCUT2D eigenvalue weighted by Gasteiger charge is 2.23. The van der Waals surface area contributed by atoms with Gasteiger partial charge < -0.3 is 10.4 Å². The highest BCUT2D eigenvalue weighted by Crippen LogP contribution is 2.24. The molecule has 1 amide bonds. The van der Waals surface area contributed by atoms with Crippen molar-refractivity contribution >= 4 is 21.8 Å². The molecule has 0 heterocycles. The third-order valence-corrected chi connectivity index (χ3v) is 3.78. The maximum atomic E-state index is 11.4. The Labute approximate surface area is 93.4 Å². The molecule has 4 heteroatoms. The molecule has 0 saturated heterocycles. The molecule has 1 aliphatic rings. The van der Waals surface area contributed by atoms with E-state index in [4.69, 9.17) is 0 Å². The first-order valence-electron chi connectivity index (χ1n) is 5.23. The summed E-state index contributed by atoms with van der Waals surface area (Å²) in [7, 11) is 0. The van der Waals surface area contributed by atoms with Gasteiger partial charge in [-0.3, -0.25) is 4.79 Å². The Balaban J connectivity index is 2.17. The molecule has 1 aliphatic carbocycles. The van der Waals surface area contributed by atoms with E-state index in [9.17, 15) is 9.90 Å². The SMILES string of the molecule is CCC(Br)C(=O)NCC1CCC(O)C1. The van der Waals surface area contributed by atoms with E-state index in [1.807, 2.05) is 6.92 Å². The molecule has 82 valence electrons. The van der Waals surface area contributed by atoms with Crippen molar-refractivity contribution in [1.82, 2.24) is 5.32 Å². The third-order valence-electron chi connectivity index (χ3n) is 2.72. The van der Waals surface area contributed by atoms with Crippen LogP contribution in [0.1, 0.15) is 32.6 Å². The summed E-state index contributed by atoms with van der Waals surface area (Å²) in [6.45, 7) is 2.68. The quantitative estimate of drug-likeness (QED) is 0.755. The first-order valence-corrected chi connectivity index (χ1v) is 6.15. The lowest BCUT2D eigenvalue weighted by Crippen LogP contribution is -2.34. The molecule has 3 nitrogen and oxygen atoms in total. The molecule has 14 heavy (non-hydrogen) atoms. The van der Waals surface area contributed by atoms with Gasteiger partial charge >= 0.3 is 0 Å². The highest BCUT2D eigenvalue weighted by molar-refractivity contribution is 9.10. The summed E-state index contributed by atoms with van der Waals surface area (Å²) in [6.07, 6.45) is 3.40. The number of halogens is 1. The van der Waals surface area contributed by atoms with Crippen LogP contribution in [0.25, 0.3) is 0 Å². The van der Waals surface area contributed by atoms with Crippen LogP contribution >= 0.6 is 15.9 Å². The van der Waals surface area contributed by atoms with E-state index in [1.54, 1.807) is 0 Å². The van der Waals surface area contributed by atoms with Crippen molar-refractivity contribution in [2.24, 2.45) is 5.92 Å². The summed E-state index contributed by atoms with van der Waals surface area (Å²) in [5.41, 5.74) is 0. The fourth-order valence-electron chi connectivity index (χ4n) is 1.78. The van der Waals surface area contributed by atoms with Crippen LogP contribution in [-0.4, -0.2) is 28.5 Å². The summed E-state index contributed by atoms with van der Waals surface area (Å²) in [5.74, 6) is 0.527. The zero-order valence-electron chi connectivity index (χ0n) is 8.50. The Morgan fingerprint density at radius 3 is 2.86 bits per heavy atom. The van der Waals surface area contributed by atoms with Crippen molar-refractivity contribution in [1.29, 1.82) is 0 Å². The van der Waals surface area contributed by atoms with Gasteiger partial charge in [-0.1, -0.05) is 22.9 Å². The number of carbonyl (C=O) groups excluding carboxylic acids is 1. The Kier molecular flexibility index (Phi) is 4.89. The van der Waals surface area contributed by atoms with Gasteiger partial charge in [0.25, 0.3) is 0 Å². The number of hydrogen-bond acceptors (Lipinski definition) is 2. The zero-order chi connectivity index (χ0) is 10.6. The number of hydrogen-bond donors (Lipinski definition) is 2. The molecule has 1 fully saturated rings. The summed E-state index contributed by atoms with van der Waals surface area (Å²) in [6, 6.07) is 0. The molecule has 0 spiro atoms. The van der Waals surface area contributed by atoms with E-state index < -0.39 is 0 Å². The predicted molar refractivity (Wildman–Crippen MR) is 59.4 cm³/mol. The number of nitrogens with one attached hydrogen (secondary N) is 1. The monoisotopic (exact) mass is 263 g/mol. The van der Waals surface area contributed by atoms with Crippen molar-refractivity contribution in [3.63, 3.8) is 0 Å². The van der Waals surface area contributed by atoms with Crippen LogP contribution in [0.5, 0.6) is 0 Å². The number of carbonyl (C=O) groups is 1. The molecule has 0 bridgehead atoms. The lowest BCUT2D eigenvalue weighted by atomic mass is 10.1. The first-order chi connectivity index (χ1) is 6.63. The Morgan fingerprint density at radius 2 is 2.36 bits per heavy atom. The lowest BCUT2D eigenvalue weighted by molar-refractivity contribution is -0.120. The number of aliphatic hydroxyl groups is 1. The van der Waals surface area contributed by atoms with E-state index in [0.717, 1.165) is 25.7 Å². The highest BCUT2D eigenvalue weighted by atomic mass is 79.9. The normalized spacial score (nSPS) is 28.8. The van der Waals surface area contributed by atoms with Crippen LogP contribution in [-0.2, 0) is 4.79 Å². The molecular formula is C10H18BrNO2. The topological polar surface area (TPSA) is 49.3 Å². The number of aliphatic hydroxyl groups excluding tert-OH is 1.